The van der Waals surface area contributed by atoms with Crippen LogP contribution in [0.1, 0.15) is 30.4 Å². The first-order valence-corrected chi connectivity index (χ1v) is 6.08. The topological polar surface area (TPSA) is 23.5 Å². The van der Waals surface area contributed by atoms with Gasteiger partial charge in [0.05, 0.1) is 0 Å². The van der Waals surface area contributed by atoms with E-state index >= 15 is 0 Å². The van der Waals surface area contributed by atoms with Crippen molar-refractivity contribution in [3.05, 3.63) is 35.4 Å². The summed E-state index contributed by atoms with van der Waals surface area (Å²) in [6, 6.07) is 8.54. The summed E-state index contributed by atoms with van der Waals surface area (Å²) in [5, 5.41) is 8.69. The maximum absolute atomic E-state index is 8.69. The van der Waals surface area contributed by atoms with E-state index in [4.69, 9.17) is 5.11 Å². The number of hydrogen-bond donors (Lipinski definition) is 1. The largest absolute Gasteiger partial charge is 0.396 e. The van der Waals surface area contributed by atoms with Crippen LogP contribution in [0.2, 0.25) is 0 Å². The Hall–Kier alpha value is -0.860. The quantitative estimate of drug-likeness (QED) is 0.715. The number of rotatable bonds is 7. The summed E-state index contributed by atoms with van der Waals surface area (Å²) < 4.78 is 0. The van der Waals surface area contributed by atoms with E-state index < -0.39 is 0 Å². The molecular formula is C14H23NO. The number of unbranched alkanes of at least 4 members (excludes halogenated alkanes) is 2. The van der Waals surface area contributed by atoms with Gasteiger partial charge in [0.1, 0.15) is 0 Å². The van der Waals surface area contributed by atoms with E-state index in [2.05, 4.69) is 43.1 Å². The maximum atomic E-state index is 8.69. The second kappa shape index (κ2) is 7.42. The Morgan fingerprint density at radius 3 is 2.56 bits per heavy atom. The van der Waals surface area contributed by atoms with Gasteiger partial charge in [-0.25, -0.2) is 0 Å². The van der Waals surface area contributed by atoms with Crippen LogP contribution >= 0.6 is 0 Å². The minimum atomic E-state index is 0.321. The average Bonchev–Trinajstić information content (AvgIpc) is 2.28. The third-order valence-electron chi connectivity index (χ3n) is 2.90. The molecule has 2 heteroatoms. The molecule has 0 heterocycles. The Labute approximate surface area is 98.9 Å². The standard InChI is InChI=1S/C14H23NO/c1-13-8-4-5-9-14(13)12-15(2)10-6-3-7-11-16/h4-5,8-9,16H,3,6-7,10-12H2,1-2H3. The molecule has 0 aliphatic carbocycles. The van der Waals surface area contributed by atoms with Crippen LogP contribution in [0.15, 0.2) is 24.3 Å². The third kappa shape index (κ3) is 4.77. The molecule has 1 aromatic rings. The van der Waals surface area contributed by atoms with E-state index in [0.29, 0.717) is 6.61 Å². The Bertz CT molecular complexity index is 299. The molecule has 16 heavy (non-hydrogen) atoms. The Morgan fingerprint density at radius 2 is 1.88 bits per heavy atom. The minimum Gasteiger partial charge on any atom is -0.396 e. The van der Waals surface area contributed by atoms with E-state index in [9.17, 15) is 0 Å². The molecule has 0 aliphatic heterocycles. The predicted molar refractivity (Wildman–Crippen MR) is 68.4 cm³/mol. The Kier molecular flexibility index (Phi) is 6.12. The van der Waals surface area contributed by atoms with Gasteiger partial charge in [0, 0.05) is 13.2 Å². The lowest BCUT2D eigenvalue weighted by molar-refractivity contribution is 0.271. The van der Waals surface area contributed by atoms with Crippen molar-refractivity contribution in [2.24, 2.45) is 0 Å². The summed E-state index contributed by atoms with van der Waals surface area (Å²) in [5.41, 5.74) is 2.77. The number of hydrogen-bond acceptors (Lipinski definition) is 2. The van der Waals surface area contributed by atoms with E-state index in [1.54, 1.807) is 0 Å². The van der Waals surface area contributed by atoms with Gasteiger partial charge in [-0.3, -0.25) is 0 Å². The highest BCUT2D eigenvalue weighted by atomic mass is 16.2. The lowest BCUT2D eigenvalue weighted by Crippen LogP contribution is -2.19. The smallest absolute Gasteiger partial charge is 0.0431 e. The van der Waals surface area contributed by atoms with Gasteiger partial charge in [0.2, 0.25) is 0 Å². The van der Waals surface area contributed by atoms with Crippen LogP contribution in [0.5, 0.6) is 0 Å². The fraction of sp³-hybridized carbons (Fsp3) is 0.571. The number of nitrogens with zero attached hydrogens (tertiary/aromatic N) is 1. The fourth-order valence-corrected chi connectivity index (χ4v) is 1.83. The molecule has 0 saturated heterocycles. The van der Waals surface area contributed by atoms with Crippen molar-refractivity contribution < 1.29 is 5.11 Å². The summed E-state index contributed by atoms with van der Waals surface area (Å²) in [5.74, 6) is 0. The molecule has 90 valence electrons. The zero-order chi connectivity index (χ0) is 11.8. The van der Waals surface area contributed by atoms with E-state index in [1.807, 2.05) is 0 Å². The van der Waals surface area contributed by atoms with Gasteiger partial charge in [-0.2, -0.15) is 0 Å². The Balaban J connectivity index is 2.28. The van der Waals surface area contributed by atoms with Crippen molar-refractivity contribution in [3.63, 3.8) is 0 Å². The molecule has 0 unspecified atom stereocenters. The molecule has 1 N–H and O–H groups in total. The van der Waals surface area contributed by atoms with Gasteiger partial charge in [-0.15, -0.1) is 0 Å². The lowest BCUT2D eigenvalue weighted by atomic mass is 10.1. The van der Waals surface area contributed by atoms with E-state index in [-0.39, 0.29) is 0 Å². The van der Waals surface area contributed by atoms with Crippen molar-refractivity contribution in [2.45, 2.75) is 32.7 Å². The van der Waals surface area contributed by atoms with Gasteiger partial charge in [-0.1, -0.05) is 24.3 Å². The molecule has 0 aromatic heterocycles. The van der Waals surface area contributed by atoms with Crippen LogP contribution in [-0.2, 0) is 6.54 Å². The highest BCUT2D eigenvalue weighted by Crippen LogP contribution is 2.10. The summed E-state index contributed by atoms with van der Waals surface area (Å²) in [7, 11) is 2.16. The molecule has 0 fully saturated rings. The highest BCUT2D eigenvalue weighted by molar-refractivity contribution is 5.25. The Morgan fingerprint density at radius 1 is 1.12 bits per heavy atom. The van der Waals surface area contributed by atoms with Gasteiger partial charge in [-0.05, 0) is 50.9 Å². The van der Waals surface area contributed by atoms with E-state index in [0.717, 1.165) is 25.9 Å². The fourth-order valence-electron chi connectivity index (χ4n) is 1.83. The molecule has 0 spiro atoms. The number of aliphatic hydroxyl groups excluding tert-OH is 1. The van der Waals surface area contributed by atoms with Crippen molar-refractivity contribution in [2.75, 3.05) is 20.2 Å². The molecule has 0 radical (unpaired) electrons. The number of aliphatic hydroxyl groups is 1. The SMILES string of the molecule is Cc1ccccc1CN(C)CCCCCO. The molecular weight excluding hydrogens is 198 g/mol. The summed E-state index contributed by atoms with van der Waals surface area (Å²) in [6.07, 6.45) is 3.22. The second-order valence-corrected chi connectivity index (χ2v) is 4.45. The predicted octanol–water partition coefficient (Wildman–Crippen LogP) is 2.59. The van der Waals surface area contributed by atoms with Crippen LogP contribution in [0, 0.1) is 6.92 Å². The van der Waals surface area contributed by atoms with Crippen molar-refractivity contribution in [3.8, 4) is 0 Å². The highest BCUT2D eigenvalue weighted by Gasteiger charge is 2.02. The maximum Gasteiger partial charge on any atom is 0.0431 e. The summed E-state index contributed by atoms with van der Waals surface area (Å²) >= 11 is 0. The molecule has 1 rings (SSSR count). The third-order valence-corrected chi connectivity index (χ3v) is 2.90. The second-order valence-electron chi connectivity index (χ2n) is 4.45. The molecule has 0 atom stereocenters. The van der Waals surface area contributed by atoms with Crippen LogP contribution in [0.25, 0.3) is 0 Å². The average molecular weight is 221 g/mol. The van der Waals surface area contributed by atoms with Crippen molar-refractivity contribution >= 4 is 0 Å². The zero-order valence-corrected chi connectivity index (χ0v) is 10.4. The monoisotopic (exact) mass is 221 g/mol. The lowest BCUT2D eigenvalue weighted by Gasteiger charge is -2.17. The molecule has 0 bridgehead atoms. The van der Waals surface area contributed by atoms with Crippen molar-refractivity contribution in [1.29, 1.82) is 0 Å². The van der Waals surface area contributed by atoms with Crippen LogP contribution in [-0.4, -0.2) is 30.2 Å². The molecule has 2 nitrogen and oxygen atoms in total. The van der Waals surface area contributed by atoms with Gasteiger partial charge >= 0.3 is 0 Å². The van der Waals surface area contributed by atoms with Gasteiger partial charge < -0.3 is 10.0 Å². The first-order valence-electron chi connectivity index (χ1n) is 6.08. The van der Waals surface area contributed by atoms with E-state index in [1.165, 1.54) is 17.5 Å². The number of benzene rings is 1. The molecule has 0 saturated carbocycles. The minimum absolute atomic E-state index is 0.321. The van der Waals surface area contributed by atoms with Crippen LogP contribution in [0.3, 0.4) is 0 Å². The molecule has 1 aromatic carbocycles. The van der Waals surface area contributed by atoms with Gasteiger partial charge in [0.15, 0.2) is 0 Å². The van der Waals surface area contributed by atoms with Gasteiger partial charge in [0.25, 0.3) is 0 Å². The summed E-state index contributed by atoms with van der Waals surface area (Å²) in [4.78, 5) is 2.35. The van der Waals surface area contributed by atoms with Crippen LogP contribution in [0.4, 0.5) is 0 Å². The first-order chi connectivity index (χ1) is 7.74. The van der Waals surface area contributed by atoms with Crippen molar-refractivity contribution in [1.82, 2.24) is 4.90 Å². The molecule has 0 aliphatic rings. The zero-order valence-electron chi connectivity index (χ0n) is 10.4. The summed E-state index contributed by atoms with van der Waals surface area (Å²) in [6.45, 7) is 4.61. The van der Waals surface area contributed by atoms with Crippen LogP contribution < -0.4 is 0 Å². The first kappa shape index (κ1) is 13.2. The molecule has 0 amide bonds. The normalized spacial score (nSPS) is 11.0. The number of aryl methyl sites for hydroxylation is 1.